The van der Waals surface area contributed by atoms with Crippen molar-refractivity contribution in [1.82, 2.24) is 10.6 Å². The van der Waals surface area contributed by atoms with Crippen molar-refractivity contribution in [3.63, 3.8) is 0 Å². The summed E-state index contributed by atoms with van der Waals surface area (Å²) in [5.74, 6) is 2.36. The molecule has 1 heterocycles. The first-order valence-electron chi connectivity index (χ1n) is 9.63. The first-order chi connectivity index (χ1) is 12.8. The summed E-state index contributed by atoms with van der Waals surface area (Å²) in [6.07, 6.45) is 2.94. The minimum absolute atomic E-state index is 0. The second-order valence-electron chi connectivity index (χ2n) is 6.41. The monoisotopic (exact) mass is 491 g/mol. The van der Waals surface area contributed by atoms with Gasteiger partial charge in [0, 0.05) is 38.8 Å². The number of guanidine groups is 1. The van der Waals surface area contributed by atoms with E-state index in [9.17, 15) is 0 Å². The highest BCUT2D eigenvalue weighted by molar-refractivity contribution is 14.0. The lowest BCUT2D eigenvalue weighted by Gasteiger charge is -2.13. The van der Waals surface area contributed by atoms with Gasteiger partial charge in [0.2, 0.25) is 0 Å². The maximum absolute atomic E-state index is 5.72. The summed E-state index contributed by atoms with van der Waals surface area (Å²) < 4.78 is 16.5. The molecule has 1 unspecified atom stereocenters. The van der Waals surface area contributed by atoms with Crippen LogP contribution in [0.1, 0.15) is 25.3 Å². The highest BCUT2D eigenvalue weighted by atomic mass is 127. The average molecular weight is 491 g/mol. The Labute approximate surface area is 180 Å². The van der Waals surface area contributed by atoms with Crippen LogP contribution in [0.3, 0.4) is 0 Å². The fraction of sp³-hybridized carbons (Fsp3) is 0.650. The number of para-hydroxylation sites is 1. The van der Waals surface area contributed by atoms with E-state index in [1.807, 2.05) is 18.2 Å². The van der Waals surface area contributed by atoms with Crippen LogP contribution in [0, 0.1) is 5.92 Å². The summed E-state index contributed by atoms with van der Waals surface area (Å²) in [4.78, 5) is 4.62. The van der Waals surface area contributed by atoms with Crippen LogP contribution >= 0.6 is 24.0 Å². The third-order valence-electron chi connectivity index (χ3n) is 4.32. The summed E-state index contributed by atoms with van der Waals surface area (Å²) in [5.41, 5.74) is 1.20. The van der Waals surface area contributed by atoms with Crippen LogP contribution in [0.15, 0.2) is 29.3 Å². The van der Waals surface area contributed by atoms with E-state index in [1.54, 1.807) is 7.11 Å². The van der Waals surface area contributed by atoms with Crippen LogP contribution in [-0.4, -0.2) is 59.1 Å². The smallest absolute Gasteiger partial charge is 0.191 e. The van der Waals surface area contributed by atoms with Crippen LogP contribution in [-0.2, 0) is 15.9 Å². The molecule has 1 aliphatic rings. The van der Waals surface area contributed by atoms with Gasteiger partial charge in [-0.15, -0.1) is 24.0 Å². The number of aliphatic imine (C=N–C) groups is 1. The van der Waals surface area contributed by atoms with E-state index >= 15 is 0 Å². The van der Waals surface area contributed by atoms with Crippen molar-refractivity contribution in [3.05, 3.63) is 29.8 Å². The number of ether oxygens (including phenoxy) is 3. The molecule has 0 spiro atoms. The van der Waals surface area contributed by atoms with Crippen LogP contribution in [0.5, 0.6) is 5.75 Å². The standard InChI is InChI=1S/C20H33N3O3.HI/c1-3-21-20(22-11-6-13-25-15-17-10-14-26-16-17)23-12-9-18-7-4-5-8-19(18)24-2;/h4-5,7-8,17H,3,6,9-16H2,1-2H3,(H2,21,22,23);1H. The lowest BCUT2D eigenvalue weighted by molar-refractivity contribution is 0.0893. The Morgan fingerprint density at radius 1 is 1.30 bits per heavy atom. The molecule has 154 valence electrons. The van der Waals surface area contributed by atoms with Crippen LogP contribution < -0.4 is 15.4 Å². The Kier molecular flexibility index (Phi) is 13.3. The van der Waals surface area contributed by atoms with Crippen LogP contribution in [0.25, 0.3) is 0 Å². The Bertz CT molecular complexity index is 537. The molecule has 1 saturated heterocycles. The first-order valence-corrected chi connectivity index (χ1v) is 9.63. The predicted octanol–water partition coefficient (Wildman–Crippen LogP) is 2.85. The van der Waals surface area contributed by atoms with Gasteiger partial charge < -0.3 is 24.8 Å². The number of nitrogens with zero attached hydrogens (tertiary/aromatic N) is 1. The fourth-order valence-electron chi connectivity index (χ4n) is 2.89. The van der Waals surface area contributed by atoms with Crippen molar-refractivity contribution >= 4 is 29.9 Å². The van der Waals surface area contributed by atoms with Gasteiger partial charge in [0.25, 0.3) is 0 Å². The zero-order chi connectivity index (χ0) is 18.5. The molecular formula is C20H34IN3O3. The molecule has 0 aromatic heterocycles. The van der Waals surface area contributed by atoms with E-state index in [4.69, 9.17) is 14.2 Å². The minimum Gasteiger partial charge on any atom is -0.496 e. The lowest BCUT2D eigenvalue weighted by atomic mass is 10.1. The number of rotatable bonds is 11. The highest BCUT2D eigenvalue weighted by Gasteiger charge is 2.15. The van der Waals surface area contributed by atoms with Crippen molar-refractivity contribution in [2.75, 3.05) is 53.2 Å². The molecule has 1 atom stereocenters. The molecule has 6 nitrogen and oxygen atoms in total. The molecule has 0 amide bonds. The summed E-state index contributed by atoms with van der Waals surface area (Å²) in [7, 11) is 1.71. The van der Waals surface area contributed by atoms with E-state index in [1.165, 1.54) is 5.56 Å². The number of benzene rings is 1. The Morgan fingerprint density at radius 3 is 2.89 bits per heavy atom. The number of hydrogen-bond acceptors (Lipinski definition) is 4. The molecule has 1 aromatic rings. The Morgan fingerprint density at radius 2 is 2.15 bits per heavy atom. The van der Waals surface area contributed by atoms with Gasteiger partial charge >= 0.3 is 0 Å². The second kappa shape index (κ2) is 14.9. The predicted molar refractivity (Wildman–Crippen MR) is 120 cm³/mol. The number of methoxy groups -OCH3 is 1. The molecule has 7 heteroatoms. The fourth-order valence-corrected chi connectivity index (χ4v) is 2.89. The molecule has 0 radical (unpaired) electrons. The number of hydrogen-bond donors (Lipinski definition) is 2. The molecule has 27 heavy (non-hydrogen) atoms. The maximum Gasteiger partial charge on any atom is 0.191 e. The van der Waals surface area contributed by atoms with Gasteiger partial charge in [-0.1, -0.05) is 18.2 Å². The summed E-state index contributed by atoms with van der Waals surface area (Å²) in [6.45, 7) is 7.77. The SMILES string of the molecule is CCNC(=NCCCOCC1CCOC1)NCCc1ccccc1OC.I. The van der Waals surface area contributed by atoms with Crippen molar-refractivity contribution in [2.45, 2.75) is 26.2 Å². The Hall–Kier alpha value is -1.06. The third kappa shape index (κ3) is 9.62. The van der Waals surface area contributed by atoms with Gasteiger partial charge in [-0.05, 0) is 37.8 Å². The molecule has 0 bridgehead atoms. The van der Waals surface area contributed by atoms with Crippen molar-refractivity contribution in [1.29, 1.82) is 0 Å². The zero-order valence-electron chi connectivity index (χ0n) is 16.5. The van der Waals surface area contributed by atoms with E-state index in [0.29, 0.717) is 5.92 Å². The van der Waals surface area contributed by atoms with Crippen molar-refractivity contribution < 1.29 is 14.2 Å². The molecular weight excluding hydrogens is 457 g/mol. The lowest BCUT2D eigenvalue weighted by Crippen LogP contribution is -2.38. The van der Waals surface area contributed by atoms with Gasteiger partial charge in [-0.2, -0.15) is 0 Å². The van der Waals surface area contributed by atoms with E-state index in [-0.39, 0.29) is 24.0 Å². The maximum atomic E-state index is 5.72. The Balaban J connectivity index is 0.00000364. The van der Waals surface area contributed by atoms with Crippen molar-refractivity contribution in [3.8, 4) is 5.75 Å². The van der Waals surface area contributed by atoms with Gasteiger partial charge in [0.15, 0.2) is 5.96 Å². The highest BCUT2D eigenvalue weighted by Crippen LogP contribution is 2.17. The summed E-state index contributed by atoms with van der Waals surface area (Å²) in [6, 6.07) is 8.11. The normalized spacial score (nSPS) is 16.7. The molecule has 2 N–H and O–H groups in total. The quantitative estimate of drug-likeness (QED) is 0.216. The van der Waals surface area contributed by atoms with E-state index in [2.05, 4.69) is 28.6 Å². The average Bonchev–Trinajstić information content (AvgIpc) is 3.18. The third-order valence-corrected chi connectivity index (χ3v) is 4.32. The van der Waals surface area contributed by atoms with E-state index in [0.717, 1.165) is 77.0 Å². The molecule has 2 rings (SSSR count). The van der Waals surface area contributed by atoms with Crippen LogP contribution in [0.2, 0.25) is 0 Å². The van der Waals surface area contributed by atoms with E-state index < -0.39 is 0 Å². The molecule has 0 aliphatic carbocycles. The first kappa shape index (κ1) is 24.0. The van der Waals surface area contributed by atoms with Crippen LogP contribution in [0.4, 0.5) is 0 Å². The van der Waals surface area contributed by atoms with Gasteiger partial charge in [-0.3, -0.25) is 4.99 Å². The summed E-state index contributed by atoms with van der Waals surface area (Å²) in [5, 5.41) is 6.67. The van der Waals surface area contributed by atoms with Gasteiger partial charge in [0.1, 0.15) is 5.75 Å². The molecule has 1 fully saturated rings. The zero-order valence-corrected chi connectivity index (χ0v) is 18.9. The van der Waals surface area contributed by atoms with Gasteiger partial charge in [0.05, 0.1) is 20.3 Å². The molecule has 1 aromatic carbocycles. The number of nitrogens with one attached hydrogen (secondary N) is 2. The minimum atomic E-state index is 0. The molecule has 1 aliphatic heterocycles. The second-order valence-corrected chi connectivity index (χ2v) is 6.41. The topological polar surface area (TPSA) is 64.1 Å². The van der Waals surface area contributed by atoms with Gasteiger partial charge in [-0.25, -0.2) is 0 Å². The number of halogens is 1. The summed E-state index contributed by atoms with van der Waals surface area (Å²) >= 11 is 0. The largest absolute Gasteiger partial charge is 0.496 e. The molecule has 0 saturated carbocycles. The van der Waals surface area contributed by atoms with Crippen molar-refractivity contribution in [2.24, 2.45) is 10.9 Å².